The lowest BCUT2D eigenvalue weighted by Gasteiger charge is -2.15. The SMILES string of the molecule is Cc1ccc(C(Cc2ccco2)NN)cc1. The Kier molecular flexibility index (Phi) is 3.39. The van der Waals surface area contributed by atoms with Crippen molar-refractivity contribution in [1.29, 1.82) is 0 Å². The highest BCUT2D eigenvalue weighted by molar-refractivity contribution is 5.25. The van der Waals surface area contributed by atoms with Crippen LogP contribution in [0.1, 0.15) is 22.9 Å². The van der Waals surface area contributed by atoms with Crippen molar-refractivity contribution in [3.8, 4) is 0 Å². The van der Waals surface area contributed by atoms with Crippen molar-refractivity contribution < 1.29 is 4.42 Å². The predicted molar refractivity (Wildman–Crippen MR) is 63.7 cm³/mol. The molecule has 16 heavy (non-hydrogen) atoms. The summed E-state index contributed by atoms with van der Waals surface area (Å²) in [6.07, 6.45) is 2.44. The van der Waals surface area contributed by atoms with Gasteiger partial charge in [0.05, 0.1) is 12.3 Å². The molecule has 2 rings (SSSR count). The Morgan fingerprint density at radius 2 is 2.00 bits per heavy atom. The minimum atomic E-state index is 0.0896. The van der Waals surface area contributed by atoms with E-state index >= 15 is 0 Å². The lowest BCUT2D eigenvalue weighted by molar-refractivity contribution is 0.455. The second-order valence-corrected chi connectivity index (χ2v) is 3.91. The first-order chi connectivity index (χ1) is 7.79. The van der Waals surface area contributed by atoms with E-state index in [1.54, 1.807) is 6.26 Å². The standard InChI is InChI=1S/C13H16N2O/c1-10-4-6-11(7-5-10)13(15-14)9-12-3-2-8-16-12/h2-8,13,15H,9,14H2,1H3. The van der Waals surface area contributed by atoms with Gasteiger partial charge in [0.25, 0.3) is 0 Å². The molecule has 0 radical (unpaired) electrons. The molecule has 0 aliphatic rings. The molecule has 1 aromatic heterocycles. The van der Waals surface area contributed by atoms with Crippen LogP contribution in [0.15, 0.2) is 47.1 Å². The van der Waals surface area contributed by atoms with Crippen molar-refractivity contribution in [2.75, 3.05) is 0 Å². The maximum Gasteiger partial charge on any atom is 0.105 e. The third-order valence-electron chi connectivity index (χ3n) is 2.67. The molecule has 1 unspecified atom stereocenters. The number of benzene rings is 1. The fourth-order valence-electron chi connectivity index (χ4n) is 1.70. The molecule has 1 aromatic carbocycles. The van der Waals surface area contributed by atoms with Crippen molar-refractivity contribution >= 4 is 0 Å². The van der Waals surface area contributed by atoms with Crippen LogP contribution in [0, 0.1) is 6.92 Å². The van der Waals surface area contributed by atoms with Crippen LogP contribution in [0.2, 0.25) is 0 Å². The van der Waals surface area contributed by atoms with Crippen LogP contribution in [-0.4, -0.2) is 0 Å². The van der Waals surface area contributed by atoms with Crippen LogP contribution in [-0.2, 0) is 6.42 Å². The Morgan fingerprint density at radius 1 is 1.25 bits per heavy atom. The van der Waals surface area contributed by atoms with Gasteiger partial charge in [-0.2, -0.15) is 0 Å². The van der Waals surface area contributed by atoms with E-state index in [-0.39, 0.29) is 6.04 Å². The van der Waals surface area contributed by atoms with Gasteiger partial charge in [0.2, 0.25) is 0 Å². The summed E-state index contributed by atoms with van der Waals surface area (Å²) in [6, 6.07) is 12.3. The molecule has 3 heteroatoms. The van der Waals surface area contributed by atoms with Crippen LogP contribution in [0.3, 0.4) is 0 Å². The van der Waals surface area contributed by atoms with Gasteiger partial charge in [0, 0.05) is 6.42 Å². The third kappa shape index (κ3) is 2.51. The van der Waals surface area contributed by atoms with Gasteiger partial charge in [-0.25, -0.2) is 0 Å². The molecule has 0 aliphatic carbocycles. The maximum atomic E-state index is 5.57. The van der Waals surface area contributed by atoms with Gasteiger partial charge >= 0.3 is 0 Å². The summed E-state index contributed by atoms with van der Waals surface area (Å²) in [5, 5.41) is 0. The fourth-order valence-corrected chi connectivity index (χ4v) is 1.70. The molecule has 0 spiro atoms. The number of hydrogen-bond acceptors (Lipinski definition) is 3. The Bertz CT molecular complexity index is 420. The Hall–Kier alpha value is -1.58. The molecule has 3 N–H and O–H groups in total. The van der Waals surface area contributed by atoms with Gasteiger partial charge in [0.15, 0.2) is 0 Å². The first kappa shape index (κ1) is 10.9. The van der Waals surface area contributed by atoms with E-state index in [1.807, 2.05) is 12.1 Å². The highest BCUT2D eigenvalue weighted by Gasteiger charge is 2.11. The lowest BCUT2D eigenvalue weighted by atomic mass is 10.0. The summed E-state index contributed by atoms with van der Waals surface area (Å²) in [4.78, 5) is 0. The molecule has 2 aromatic rings. The summed E-state index contributed by atoms with van der Waals surface area (Å²) in [5.74, 6) is 6.50. The van der Waals surface area contributed by atoms with Gasteiger partial charge < -0.3 is 4.42 Å². The first-order valence-corrected chi connectivity index (χ1v) is 5.34. The van der Waals surface area contributed by atoms with E-state index in [0.717, 1.165) is 12.2 Å². The van der Waals surface area contributed by atoms with E-state index in [2.05, 4.69) is 36.6 Å². The molecular weight excluding hydrogens is 200 g/mol. The number of nitrogens with two attached hydrogens (primary N) is 1. The summed E-state index contributed by atoms with van der Waals surface area (Å²) in [5.41, 5.74) is 5.23. The van der Waals surface area contributed by atoms with Crippen molar-refractivity contribution in [3.63, 3.8) is 0 Å². The van der Waals surface area contributed by atoms with Crippen molar-refractivity contribution in [3.05, 3.63) is 59.5 Å². The molecule has 0 bridgehead atoms. The van der Waals surface area contributed by atoms with E-state index in [9.17, 15) is 0 Å². The monoisotopic (exact) mass is 216 g/mol. The van der Waals surface area contributed by atoms with Gasteiger partial charge in [-0.05, 0) is 24.6 Å². The number of aryl methyl sites for hydroxylation is 1. The van der Waals surface area contributed by atoms with Crippen molar-refractivity contribution in [1.82, 2.24) is 5.43 Å². The first-order valence-electron chi connectivity index (χ1n) is 5.34. The summed E-state index contributed by atoms with van der Waals surface area (Å²) >= 11 is 0. The summed E-state index contributed by atoms with van der Waals surface area (Å²) in [6.45, 7) is 2.07. The van der Waals surface area contributed by atoms with Gasteiger partial charge in [-0.1, -0.05) is 29.8 Å². The lowest BCUT2D eigenvalue weighted by Crippen LogP contribution is -2.29. The average Bonchev–Trinajstić information content (AvgIpc) is 2.80. The Balaban J connectivity index is 2.13. The summed E-state index contributed by atoms with van der Waals surface area (Å²) in [7, 11) is 0. The molecule has 1 heterocycles. The smallest absolute Gasteiger partial charge is 0.105 e. The van der Waals surface area contributed by atoms with Gasteiger partial charge in [0.1, 0.15) is 5.76 Å². The van der Waals surface area contributed by atoms with Gasteiger partial charge in [-0.3, -0.25) is 11.3 Å². The van der Waals surface area contributed by atoms with Crippen LogP contribution in [0.4, 0.5) is 0 Å². The number of hydrazine groups is 1. The molecule has 1 atom stereocenters. The molecule has 0 saturated carbocycles. The highest BCUT2D eigenvalue weighted by atomic mass is 16.3. The van der Waals surface area contributed by atoms with E-state index in [1.165, 1.54) is 11.1 Å². The molecule has 0 fully saturated rings. The number of rotatable bonds is 4. The molecule has 0 amide bonds. The zero-order valence-corrected chi connectivity index (χ0v) is 9.31. The predicted octanol–water partition coefficient (Wildman–Crippen LogP) is 2.34. The maximum absolute atomic E-state index is 5.57. The fraction of sp³-hybridized carbons (Fsp3) is 0.231. The van der Waals surface area contributed by atoms with Crippen molar-refractivity contribution in [2.45, 2.75) is 19.4 Å². The topological polar surface area (TPSA) is 51.2 Å². The van der Waals surface area contributed by atoms with Crippen molar-refractivity contribution in [2.24, 2.45) is 5.84 Å². The van der Waals surface area contributed by atoms with Crippen LogP contribution in [0.5, 0.6) is 0 Å². The average molecular weight is 216 g/mol. The minimum absolute atomic E-state index is 0.0896. The van der Waals surface area contributed by atoms with Gasteiger partial charge in [-0.15, -0.1) is 0 Å². The molecule has 0 aliphatic heterocycles. The molecule has 3 nitrogen and oxygen atoms in total. The van der Waals surface area contributed by atoms with E-state index in [0.29, 0.717) is 0 Å². The second kappa shape index (κ2) is 4.96. The van der Waals surface area contributed by atoms with Crippen LogP contribution >= 0.6 is 0 Å². The summed E-state index contributed by atoms with van der Waals surface area (Å²) < 4.78 is 5.32. The normalized spacial score (nSPS) is 12.6. The Labute approximate surface area is 95.2 Å². The Morgan fingerprint density at radius 3 is 2.56 bits per heavy atom. The van der Waals surface area contributed by atoms with Crippen LogP contribution in [0.25, 0.3) is 0 Å². The minimum Gasteiger partial charge on any atom is -0.469 e. The zero-order valence-electron chi connectivity index (χ0n) is 9.31. The number of furan rings is 1. The quantitative estimate of drug-likeness (QED) is 0.609. The van der Waals surface area contributed by atoms with E-state index in [4.69, 9.17) is 10.3 Å². The second-order valence-electron chi connectivity index (χ2n) is 3.91. The third-order valence-corrected chi connectivity index (χ3v) is 2.67. The largest absolute Gasteiger partial charge is 0.469 e. The highest BCUT2D eigenvalue weighted by Crippen LogP contribution is 2.18. The molecular formula is C13H16N2O. The van der Waals surface area contributed by atoms with Crippen LogP contribution < -0.4 is 11.3 Å². The zero-order chi connectivity index (χ0) is 11.4. The molecule has 84 valence electrons. The molecule has 0 saturated heterocycles. The number of hydrogen-bond donors (Lipinski definition) is 2. The number of nitrogens with one attached hydrogen (secondary N) is 1. The van der Waals surface area contributed by atoms with E-state index < -0.39 is 0 Å².